The van der Waals surface area contributed by atoms with E-state index in [2.05, 4.69) is 6.58 Å². The predicted molar refractivity (Wildman–Crippen MR) is 66.6 cm³/mol. The summed E-state index contributed by atoms with van der Waals surface area (Å²) in [4.78, 5) is 11.8. The Hall–Kier alpha value is -1.57. The minimum atomic E-state index is -0.0280. The van der Waals surface area contributed by atoms with Gasteiger partial charge in [-0.3, -0.25) is 4.79 Å². The molecule has 0 unspecified atom stereocenters. The summed E-state index contributed by atoms with van der Waals surface area (Å²) in [7, 11) is 1.62. The monoisotopic (exact) mass is 218 g/mol. The fourth-order valence-electron chi connectivity index (χ4n) is 1.50. The molecule has 0 aliphatic heterocycles. The minimum Gasteiger partial charge on any atom is -0.496 e. The van der Waals surface area contributed by atoms with Gasteiger partial charge in [0.2, 0.25) is 0 Å². The first-order valence-electron chi connectivity index (χ1n) is 5.35. The first kappa shape index (κ1) is 12.5. The summed E-state index contributed by atoms with van der Waals surface area (Å²) in [6.45, 7) is 9.56. The molecule has 1 rings (SSSR count). The van der Waals surface area contributed by atoms with E-state index in [4.69, 9.17) is 4.74 Å². The summed E-state index contributed by atoms with van der Waals surface area (Å²) < 4.78 is 5.22. The van der Waals surface area contributed by atoms with Gasteiger partial charge in [0.1, 0.15) is 5.75 Å². The topological polar surface area (TPSA) is 26.3 Å². The van der Waals surface area contributed by atoms with E-state index in [1.807, 2.05) is 39.0 Å². The number of allylic oxidation sites excluding steroid dienone is 1. The molecule has 0 aliphatic carbocycles. The number of aryl methyl sites for hydroxylation is 1. The lowest BCUT2D eigenvalue weighted by Crippen LogP contribution is -2.08. The highest BCUT2D eigenvalue weighted by atomic mass is 16.5. The Balaban J connectivity index is 3.06. The predicted octanol–water partition coefficient (Wildman–Crippen LogP) is 3.24. The van der Waals surface area contributed by atoms with Crippen molar-refractivity contribution < 1.29 is 9.53 Å². The Morgan fingerprint density at radius 1 is 1.38 bits per heavy atom. The maximum Gasteiger partial charge on any atom is 0.165 e. The van der Waals surface area contributed by atoms with Crippen LogP contribution in [0.1, 0.15) is 25.0 Å². The molecule has 1 aromatic rings. The Morgan fingerprint density at radius 3 is 2.50 bits per heavy atom. The van der Waals surface area contributed by atoms with E-state index < -0.39 is 0 Å². The molecule has 16 heavy (non-hydrogen) atoms. The number of Topliss-reactive ketones (excluding diaryl/α,β-unsaturated/α-hetero) is 1. The molecule has 0 saturated carbocycles. The van der Waals surface area contributed by atoms with Crippen LogP contribution >= 0.6 is 0 Å². The van der Waals surface area contributed by atoms with Crippen LogP contribution in [0.25, 0.3) is 5.57 Å². The van der Waals surface area contributed by atoms with Crippen LogP contribution in [0.15, 0.2) is 24.8 Å². The number of hydrogen-bond acceptors (Lipinski definition) is 2. The van der Waals surface area contributed by atoms with Gasteiger partial charge in [0.05, 0.1) is 7.11 Å². The Morgan fingerprint density at radius 2 is 2.00 bits per heavy atom. The summed E-state index contributed by atoms with van der Waals surface area (Å²) in [6.07, 6.45) is 0. The molecule has 1 aromatic carbocycles. The van der Waals surface area contributed by atoms with Crippen molar-refractivity contribution in [3.63, 3.8) is 0 Å². The van der Waals surface area contributed by atoms with Crippen molar-refractivity contribution in [3.8, 4) is 5.75 Å². The van der Waals surface area contributed by atoms with Gasteiger partial charge in [-0.15, -0.1) is 0 Å². The molecule has 0 amide bonds. The van der Waals surface area contributed by atoms with E-state index in [0.717, 1.165) is 16.9 Å². The van der Waals surface area contributed by atoms with Crippen molar-refractivity contribution in [2.24, 2.45) is 5.92 Å². The lowest BCUT2D eigenvalue weighted by atomic mass is 9.95. The van der Waals surface area contributed by atoms with Gasteiger partial charge in [-0.25, -0.2) is 0 Å². The molecule has 0 bridgehead atoms. The Kier molecular flexibility index (Phi) is 3.88. The molecule has 0 heterocycles. The SMILES string of the molecule is C=C(C(=O)C(C)C)c1ccc(C)c(OC)c1. The molecule has 86 valence electrons. The second-order valence-electron chi connectivity index (χ2n) is 4.18. The number of methoxy groups -OCH3 is 1. The largest absolute Gasteiger partial charge is 0.496 e. The molecule has 0 aromatic heterocycles. The van der Waals surface area contributed by atoms with Gasteiger partial charge in [-0.05, 0) is 24.1 Å². The number of rotatable bonds is 4. The smallest absolute Gasteiger partial charge is 0.165 e. The van der Waals surface area contributed by atoms with Gasteiger partial charge in [0, 0.05) is 11.5 Å². The summed E-state index contributed by atoms with van der Waals surface area (Å²) >= 11 is 0. The van der Waals surface area contributed by atoms with Crippen molar-refractivity contribution in [1.82, 2.24) is 0 Å². The van der Waals surface area contributed by atoms with Crippen LogP contribution in [0.4, 0.5) is 0 Å². The van der Waals surface area contributed by atoms with Crippen LogP contribution < -0.4 is 4.74 Å². The van der Waals surface area contributed by atoms with E-state index in [-0.39, 0.29) is 11.7 Å². The lowest BCUT2D eigenvalue weighted by Gasteiger charge is -2.10. The normalized spacial score (nSPS) is 10.3. The van der Waals surface area contributed by atoms with E-state index in [9.17, 15) is 4.79 Å². The summed E-state index contributed by atoms with van der Waals surface area (Å²) in [5.41, 5.74) is 2.44. The third-order valence-corrected chi connectivity index (χ3v) is 2.58. The number of ether oxygens (including phenoxy) is 1. The zero-order valence-electron chi connectivity index (χ0n) is 10.3. The van der Waals surface area contributed by atoms with Crippen molar-refractivity contribution >= 4 is 11.4 Å². The molecule has 0 atom stereocenters. The number of carbonyl (C=O) groups excluding carboxylic acids is 1. The summed E-state index contributed by atoms with van der Waals surface area (Å²) in [5.74, 6) is 0.834. The average molecular weight is 218 g/mol. The first-order chi connectivity index (χ1) is 7.47. The molecule has 0 spiro atoms. The summed E-state index contributed by atoms with van der Waals surface area (Å²) in [5, 5.41) is 0. The second-order valence-corrected chi connectivity index (χ2v) is 4.18. The van der Waals surface area contributed by atoms with E-state index >= 15 is 0 Å². The highest BCUT2D eigenvalue weighted by Gasteiger charge is 2.14. The molecular weight excluding hydrogens is 200 g/mol. The van der Waals surface area contributed by atoms with Crippen molar-refractivity contribution in [3.05, 3.63) is 35.9 Å². The number of carbonyl (C=O) groups is 1. The van der Waals surface area contributed by atoms with Crippen LogP contribution in [-0.2, 0) is 4.79 Å². The van der Waals surface area contributed by atoms with Crippen LogP contribution in [0.3, 0.4) is 0 Å². The molecule has 0 saturated heterocycles. The van der Waals surface area contributed by atoms with E-state index in [1.54, 1.807) is 7.11 Å². The standard InChI is InChI=1S/C14H18O2/c1-9(2)14(15)11(4)12-7-6-10(3)13(8-12)16-5/h6-9H,4H2,1-3,5H3. The second kappa shape index (κ2) is 4.97. The molecule has 0 fully saturated rings. The van der Waals surface area contributed by atoms with Gasteiger partial charge in [-0.2, -0.15) is 0 Å². The third kappa shape index (κ3) is 2.51. The molecule has 0 N–H and O–H groups in total. The fraction of sp³-hybridized carbons (Fsp3) is 0.357. The molecule has 2 heteroatoms. The van der Waals surface area contributed by atoms with E-state index in [0.29, 0.717) is 5.57 Å². The number of ketones is 1. The number of hydrogen-bond donors (Lipinski definition) is 0. The average Bonchev–Trinajstić information content (AvgIpc) is 2.27. The maximum absolute atomic E-state index is 11.8. The Labute approximate surface area is 96.9 Å². The maximum atomic E-state index is 11.8. The third-order valence-electron chi connectivity index (χ3n) is 2.58. The fourth-order valence-corrected chi connectivity index (χ4v) is 1.50. The van der Waals surface area contributed by atoms with E-state index in [1.165, 1.54) is 0 Å². The molecule has 0 aliphatic rings. The van der Waals surface area contributed by atoms with Crippen LogP contribution in [0.2, 0.25) is 0 Å². The Bertz CT molecular complexity index is 417. The number of benzene rings is 1. The molecular formula is C14H18O2. The summed E-state index contributed by atoms with van der Waals surface area (Å²) in [6, 6.07) is 5.70. The minimum absolute atomic E-state index is 0.0280. The van der Waals surface area contributed by atoms with Gasteiger partial charge in [0.15, 0.2) is 5.78 Å². The first-order valence-corrected chi connectivity index (χ1v) is 5.35. The highest BCUT2D eigenvalue weighted by molar-refractivity contribution is 6.20. The van der Waals surface area contributed by atoms with Gasteiger partial charge < -0.3 is 4.74 Å². The van der Waals surface area contributed by atoms with Crippen molar-refractivity contribution in [1.29, 1.82) is 0 Å². The highest BCUT2D eigenvalue weighted by Crippen LogP contribution is 2.24. The van der Waals surface area contributed by atoms with Crippen molar-refractivity contribution in [2.45, 2.75) is 20.8 Å². The van der Waals surface area contributed by atoms with Gasteiger partial charge >= 0.3 is 0 Å². The van der Waals surface area contributed by atoms with Gasteiger partial charge in [0.25, 0.3) is 0 Å². The van der Waals surface area contributed by atoms with Crippen LogP contribution in [0.5, 0.6) is 5.75 Å². The van der Waals surface area contributed by atoms with Gasteiger partial charge in [-0.1, -0.05) is 32.6 Å². The molecule has 0 radical (unpaired) electrons. The van der Waals surface area contributed by atoms with Crippen LogP contribution in [0, 0.1) is 12.8 Å². The zero-order chi connectivity index (χ0) is 12.3. The van der Waals surface area contributed by atoms with Crippen LogP contribution in [-0.4, -0.2) is 12.9 Å². The van der Waals surface area contributed by atoms with Crippen molar-refractivity contribution in [2.75, 3.05) is 7.11 Å². The lowest BCUT2D eigenvalue weighted by molar-refractivity contribution is -0.116. The zero-order valence-corrected chi connectivity index (χ0v) is 10.3. The quantitative estimate of drug-likeness (QED) is 0.725. The molecule has 2 nitrogen and oxygen atoms in total.